The Labute approximate surface area is 116 Å². The highest BCUT2D eigenvalue weighted by Crippen LogP contribution is 2.23. The molecule has 18 heavy (non-hydrogen) atoms. The van der Waals surface area contributed by atoms with Gasteiger partial charge in [0.15, 0.2) is 0 Å². The van der Waals surface area contributed by atoms with Gasteiger partial charge in [-0.25, -0.2) is 0 Å². The number of carbonyl (C=O) groups excluding carboxylic acids is 1. The maximum atomic E-state index is 11.8. The van der Waals surface area contributed by atoms with Gasteiger partial charge in [-0.1, -0.05) is 6.92 Å². The summed E-state index contributed by atoms with van der Waals surface area (Å²) in [5.74, 6) is 0.979. The first kappa shape index (κ1) is 15.7. The maximum Gasteiger partial charge on any atom is 0.222 e. The van der Waals surface area contributed by atoms with Crippen molar-refractivity contribution in [3.8, 4) is 0 Å². The van der Waals surface area contributed by atoms with Crippen molar-refractivity contribution in [1.29, 1.82) is 0 Å². The molecule has 1 saturated carbocycles. The normalized spacial score (nSPS) is 32.4. The zero-order chi connectivity index (χ0) is 12.1. The Morgan fingerprint density at radius 2 is 2.06 bits per heavy atom. The van der Waals surface area contributed by atoms with E-state index in [0.717, 1.165) is 38.5 Å². The lowest BCUT2D eigenvalue weighted by molar-refractivity contribution is -0.125. The van der Waals surface area contributed by atoms with Crippen molar-refractivity contribution in [1.82, 2.24) is 10.6 Å². The molecule has 1 heterocycles. The van der Waals surface area contributed by atoms with E-state index < -0.39 is 0 Å². The smallest absolute Gasteiger partial charge is 0.222 e. The molecule has 4 nitrogen and oxygen atoms in total. The van der Waals surface area contributed by atoms with Crippen LogP contribution in [0.4, 0.5) is 0 Å². The Balaban J connectivity index is 0.00000162. The van der Waals surface area contributed by atoms with Crippen molar-refractivity contribution in [3.05, 3.63) is 0 Å². The van der Waals surface area contributed by atoms with Crippen LogP contribution in [-0.4, -0.2) is 37.7 Å². The summed E-state index contributed by atoms with van der Waals surface area (Å²) in [5.41, 5.74) is 0. The SMILES string of the molecule is CC1CCC(NC(=O)CC2CNCCO2)CC1.Cl. The maximum absolute atomic E-state index is 11.8. The van der Waals surface area contributed by atoms with E-state index in [1.54, 1.807) is 0 Å². The molecular weight excluding hydrogens is 252 g/mol. The van der Waals surface area contributed by atoms with Crippen LogP contribution in [0.25, 0.3) is 0 Å². The molecule has 5 heteroatoms. The third-order valence-electron chi connectivity index (χ3n) is 3.80. The van der Waals surface area contributed by atoms with E-state index in [0.29, 0.717) is 12.5 Å². The molecule has 2 rings (SSSR count). The van der Waals surface area contributed by atoms with Crippen LogP contribution in [0, 0.1) is 5.92 Å². The minimum absolute atomic E-state index is 0. The minimum atomic E-state index is 0. The average Bonchev–Trinajstić information content (AvgIpc) is 2.33. The molecule has 0 radical (unpaired) electrons. The summed E-state index contributed by atoms with van der Waals surface area (Å²) in [4.78, 5) is 11.8. The molecule has 106 valence electrons. The second-order valence-electron chi connectivity index (χ2n) is 5.43. The number of amides is 1. The predicted molar refractivity (Wildman–Crippen MR) is 74.0 cm³/mol. The van der Waals surface area contributed by atoms with E-state index in [4.69, 9.17) is 4.74 Å². The highest BCUT2D eigenvalue weighted by molar-refractivity contribution is 5.85. The van der Waals surface area contributed by atoms with Crippen molar-refractivity contribution >= 4 is 18.3 Å². The Morgan fingerprint density at radius 3 is 2.67 bits per heavy atom. The number of hydrogen-bond acceptors (Lipinski definition) is 3. The van der Waals surface area contributed by atoms with E-state index in [1.807, 2.05) is 0 Å². The molecule has 0 aromatic rings. The first-order valence-electron chi connectivity index (χ1n) is 6.85. The fraction of sp³-hybridized carbons (Fsp3) is 0.923. The first-order chi connectivity index (χ1) is 8.24. The summed E-state index contributed by atoms with van der Waals surface area (Å²) in [6, 6.07) is 0.398. The summed E-state index contributed by atoms with van der Waals surface area (Å²) in [6.07, 6.45) is 5.32. The Hall–Kier alpha value is -0.320. The molecule has 2 fully saturated rings. The molecule has 1 atom stereocenters. The van der Waals surface area contributed by atoms with Gasteiger partial charge in [-0.3, -0.25) is 4.79 Å². The molecule has 1 saturated heterocycles. The third kappa shape index (κ3) is 5.12. The van der Waals surface area contributed by atoms with Crippen LogP contribution in [0.5, 0.6) is 0 Å². The lowest BCUT2D eigenvalue weighted by atomic mass is 9.87. The van der Waals surface area contributed by atoms with Crippen LogP contribution >= 0.6 is 12.4 Å². The van der Waals surface area contributed by atoms with Crippen LogP contribution in [0.2, 0.25) is 0 Å². The van der Waals surface area contributed by atoms with Crippen LogP contribution in [0.3, 0.4) is 0 Å². The van der Waals surface area contributed by atoms with Gasteiger partial charge in [0.25, 0.3) is 0 Å². The standard InChI is InChI=1S/C13H24N2O2.ClH/c1-10-2-4-11(5-3-10)15-13(16)8-12-9-14-6-7-17-12;/h10-12,14H,2-9H2,1H3,(H,15,16);1H. The summed E-state index contributed by atoms with van der Waals surface area (Å²) >= 11 is 0. The molecule has 1 aliphatic heterocycles. The monoisotopic (exact) mass is 276 g/mol. The Morgan fingerprint density at radius 1 is 1.33 bits per heavy atom. The lowest BCUT2D eigenvalue weighted by Gasteiger charge is -2.28. The molecule has 1 unspecified atom stereocenters. The number of nitrogens with one attached hydrogen (secondary N) is 2. The molecular formula is C13H25ClN2O2. The summed E-state index contributed by atoms with van der Waals surface area (Å²) in [6.45, 7) is 4.71. The van der Waals surface area contributed by atoms with Crippen molar-refractivity contribution in [2.45, 2.75) is 51.2 Å². The Bertz CT molecular complexity index is 249. The fourth-order valence-corrected chi connectivity index (χ4v) is 2.65. The molecule has 0 aromatic heterocycles. The predicted octanol–water partition coefficient (Wildman–Crippen LogP) is 1.48. The third-order valence-corrected chi connectivity index (χ3v) is 3.80. The van der Waals surface area contributed by atoms with Crippen LogP contribution in [0.1, 0.15) is 39.0 Å². The molecule has 1 amide bonds. The van der Waals surface area contributed by atoms with Gasteiger partial charge in [-0.15, -0.1) is 12.4 Å². The van der Waals surface area contributed by atoms with Crippen molar-refractivity contribution < 1.29 is 9.53 Å². The number of carbonyl (C=O) groups is 1. The first-order valence-corrected chi connectivity index (χ1v) is 6.85. The van der Waals surface area contributed by atoms with Gasteiger partial charge in [0.05, 0.1) is 19.1 Å². The molecule has 2 N–H and O–H groups in total. The van der Waals surface area contributed by atoms with Crippen molar-refractivity contribution in [3.63, 3.8) is 0 Å². The zero-order valence-electron chi connectivity index (χ0n) is 11.1. The fourth-order valence-electron chi connectivity index (χ4n) is 2.65. The molecule has 2 aliphatic rings. The highest BCUT2D eigenvalue weighted by atomic mass is 35.5. The molecule has 0 bridgehead atoms. The minimum Gasteiger partial charge on any atom is -0.375 e. The topological polar surface area (TPSA) is 50.4 Å². The number of ether oxygens (including phenoxy) is 1. The van der Waals surface area contributed by atoms with Gasteiger partial charge in [-0.05, 0) is 31.6 Å². The van der Waals surface area contributed by atoms with E-state index in [-0.39, 0.29) is 24.4 Å². The van der Waals surface area contributed by atoms with Gasteiger partial charge in [0.1, 0.15) is 0 Å². The van der Waals surface area contributed by atoms with Gasteiger partial charge >= 0.3 is 0 Å². The summed E-state index contributed by atoms with van der Waals surface area (Å²) in [7, 11) is 0. The van der Waals surface area contributed by atoms with Crippen molar-refractivity contribution in [2.24, 2.45) is 5.92 Å². The largest absolute Gasteiger partial charge is 0.375 e. The quantitative estimate of drug-likeness (QED) is 0.821. The van der Waals surface area contributed by atoms with E-state index in [2.05, 4.69) is 17.6 Å². The van der Waals surface area contributed by atoms with E-state index in [1.165, 1.54) is 12.8 Å². The van der Waals surface area contributed by atoms with Gasteiger partial charge in [-0.2, -0.15) is 0 Å². The number of rotatable bonds is 3. The molecule has 0 spiro atoms. The number of morpholine rings is 1. The van der Waals surface area contributed by atoms with Crippen LogP contribution in [0.15, 0.2) is 0 Å². The van der Waals surface area contributed by atoms with Crippen LogP contribution in [-0.2, 0) is 9.53 Å². The van der Waals surface area contributed by atoms with Crippen molar-refractivity contribution in [2.75, 3.05) is 19.7 Å². The molecule has 1 aliphatic carbocycles. The average molecular weight is 277 g/mol. The number of halogens is 1. The van der Waals surface area contributed by atoms with E-state index in [9.17, 15) is 4.79 Å². The summed E-state index contributed by atoms with van der Waals surface area (Å²) in [5, 5.41) is 6.38. The van der Waals surface area contributed by atoms with Gasteiger partial charge in [0.2, 0.25) is 5.91 Å². The highest BCUT2D eigenvalue weighted by Gasteiger charge is 2.22. The Kier molecular flexibility index (Phi) is 6.97. The zero-order valence-corrected chi connectivity index (χ0v) is 11.9. The number of hydrogen-bond donors (Lipinski definition) is 2. The van der Waals surface area contributed by atoms with Gasteiger partial charge < -0.3 is 15.4 Å². The summed E-state index contributed by atoms with van der Waals surface area (Å²) < 4.78 is 5.53. The van der Waals surface area contributed by atoms with E-state index >= 15 is 0 Å². The second-order valence-corrected chi connectivity index (χ2v) is 5.43. The molecule has 0 aromatic carbocycles. The van der Waals surface area contributed by atoms with Gasteiger partial charge in [0, 0.05) is 19.1 Å². The lowest BCUT2D eigenvalue weighted by Crippen LogP contribution is -2.44. The van der Waals surface area contributed by atoms with Crippen LogP contribution < -0.4 is 10.6 Å². The second kappa shape index (κ2) is 7.97.